The lowest BCUT2D eigenvalue weighted by Crippen LogP contribution is -2.12. The van der Waals surface area contributed by atoms with Crippen LogP contribution in [0.1, 0.15) is 30.0 Å². The van der Waals surface area contributed by atoms with Gasteiger partial charge in [-0.25, -0.2) is 4.79 Å². The number of hydrogen-bond acceptors (Lipinski definition) is 6. The summed E-state index contributed by atoms with van der Waals surface area (Å²) in [6.07, 6.45) is 1.84. The SMILES string of the molecule is C=C(C)C(=O)OCCCc1c2c(c(OC)c(OC)c1OC)Cc1ccccc1O2. The Balaban J connectivity index is 1.98. The molecule has 0 saturated heterocycles. The Labute approximate surface area is 171 Å². The van der Waals surface area contributed by atoms with Crippen molar-refractivity contribution in [2.75, 3.05) is 27.9 Å². The van der Waals surface area contributed by atoms with Crippen molar-refractivity contribution in [2.45, 2.75) is 26.2 Å². The maximum Gasteiger partial charge on any atom is 0.333 e. The summed E-state index contributed by atoms with van der Waals surface area (Å²) >= 11 is 0. The molecule has 2 aromatic carbocycles. The third kappa shape index (κ3) is 4.01. The predicted octanol–water partition coefficient (Wildman–Crippen LogP) is 4.46. The van der Waals surface area contributed by atoms with Crippen molar-refractivity contribution < 1.29 is 28.5 Å². The van der Waals surface area contributed by atoms with E-state index in [0.29, 0.717) is 47.8 Å². The van der Waals surface area contributed by atoms with Crippen molar-refractivity contribution in [2.24, 2.45) is 0 Å². The Kier molecular flexibility index (Phi) is 6.32. The summed E-state index contributed by atoms with van der Waals surface area (Å²) in [6, 6.07) is 7.90. The highest BCUT2D eigenvalue weighted by Crippen LogP contribution is 2.53. The van der Waals surface area contributed by atoms with Crippen LogP contribution in [-0.4, -0.2) is 33.9 Å². The van der Waals surface area contributed by atoms with E-state index in [9.17, 15) is 4.79 Å². The zero-order chi connectivity index (χ0) is 21.0. The van der Waals surface area contributed by atoms with E-state index in [1.807, 2.05) is 24.3 Å². The Morgan fingerprint density at radius 1 is 1.07 bits per heavy atom. The Morgan fingerprint density at radius 3 is 2.41 bits per heavy atom. The molecule has 0 atom stereocenters. The monoisotopic (exact) mass is 398 g/mol. The minimum absolute atomic E-state index is 0.272. The van der Waals surface area contributed by atoms with Crippen LogP contribution < -0.4 is 18.9 Å². The Bertz CT molecular complexity index is 931. The first-order valence-electron chi connectivity index (χ1n) is 9.43. The predicted molar refractivity (Wildman–Crippen MR) is 110 cm³/mol. The van der Waals surface area contributed by atoms with Crippen LogP contribution in [0.25, 0.3) is 0 Å². The van der Waals surface area contributed by atoms with E-state index >= 15 is 0 Å². The van der Waals surface area contributed by atoms with Crippen LogP contribution in [0, 0.1) is 0 Å². The first-order valence-corrected chi connectivity index (χ1v) is 9.43. The number of fused-ring (bicyclic) bond motifs is 2. The van der Waals surface area contributed by atoms with Crippen LogP contribution in [0.15, 0.2) is 36.4 Å². The quantitative estimate of drug-likeness (QED) is 0.317. The number of para-hydroxylation sites is 1. The van der Waals surface area contributed by atoms with Gasteiger partial charge in [0.1, 0.15) is 11.5 Å². The van der Waals surface area contributed by atoms with Gasteiger partial charge in [-0.2, -0.15) is 0 Å². The smallest absolute Gasteiger partial charge is 0.333 e. The summed E-state index contributed by atoms with van der Waals surface area (Å²) in [7, 11) is 4.78. The molecule has 0 N–H and O–H groups in total. The molecule has 154 valence electrons. The van der Waals surface area contributed by atoms with Crippen LogP contribution in [-0.2, 0) is 22.4 Å². The lowest BCUT2D eigenvalue weighted by molar-refractivity contribution is -0.139. The van der Waals surface area contributed by atoms with Crippen molar-refractivity contribution >= 4 is 5.97 Å². The molecule has 3 rings (SSSR count). The van der Waals surface area contributed by atoms with E-state index in [2.05, 4.69) is 6.58 Å². The van der Waals surface area contributed by atoms with Gasteiger partial charge in [0.15, 0.2) is 11.5 Å². The summed E-state index contributed by atoms with van der Waals surface area (Å²) in [4.78, 5) is 11.6. The summed E-state index contributed by atoms with van der Waals surface area (Å²) in [5, 5.41) is 0. The van der Waals surface area contributed by atoms with Gasteiger partial charge in [-0.3, -0.25) is 0 Å². The Morgan fingerprint density at radius 2 is 1.76 bits per heavy atom. The van der Waals surface area contributed by atoms with E-state index in [1.165, 1.54) is 0 Å². The first-order chi connectivity index (χ1) is 14.0. The molecule has 0 aromatic heterocycles. The van der Waals surface area contributed by atoms with Gasteiger partial charge in [0.25, 0.3) is 0 Å². The highest BCUT2D eigenvalue weighted by atomic mass is 16.5. The van der Waals surface area contributed by atoms with Gasteiger partial charge in [0, 0.05) is 23.1 Å². The molecule has 0 saturated carbocycles. The van der Waals surface area contributed by atoms with E-state index in [-0.39, 0.29) is 6.61 Å². The van der Waals surface area contributed by atoms with Crippen molar-refractivity contribution in [1.29, 1.82) is 0 Å². The minimum atomic E-state index is -0.392. The van der Waals surface area contributed by atoms with E-state index in [1.54, 1.807) is 28.3 Å². The molecule has 29 heavy (non-hydrogen) atoms. The number of carbonyl (C=O) groups is 1. The second-order valence-corrected chi connectivity index (χ2v) is 6.79. The molecular formula is C23H26O6. The molecule has 0 unspecified atom stereocenters. The molecule has 0 aliphatic carbocycles. The van der Waals surface area contributed by atoms with Crippen LogP contribution in [0.5, 0.6) is 28.7 Å². The molecule has 0 bridgehead atoms. The standard InChI is InChI=1S/C23H26O6/c1-14(2)23(24)28-12-8-10-16-19-17(13-15-9-6-7-11-18(15)29-19)21(26-4)22(27-5)20(16)25-3/h6-7,9,11H,1,8,10,12-13H2,2-5H3. The molecule has 0 radical (unpaired) electrons. The number of carbonyl (C=O) groups excluding carboxylic acids is 1. The fraction of sp³-hybridized carbons (Fsp3) is 0.348. The molecule has 6 nitrogen and oxygen atoms in total. The second kappa shape index (κ2) is 8.90. The van der Waals surface area contributed by atoms with Gasteiger partial charge in [-0.05, 0) is 31.4 Å². The molecule has 0 amide bonds. The zero-order valence-electron chi connectivity index (χ0n) is 17.3. The molecule has 1 aliphatic heterocycles. The maximum absolute atomic E-state index is 11.6. The van der Waals surface area contributed by atoms with Gasteiger partial charge in [0.2, 0.25) is 5.75 Å². The number of hydrogen-bond donors (Lipinski definition) is 0. The summed E-state index contributed by atoms with van der Waals surface area (Å²) in [6.45, 7) is 5.49. The van der Waals surface area contributed by atoms with Crippen molar-refractivity contribution in [3.63, 3.8) is 0 Å². The van der Waals surface area contributed by atoms with E-state index in [0.717, 1.165) is 22.4 Å². The van der Waals surface area contributed by atoms with Gasteiger partial charge in [0.05, 0.1) is 27.9 Å². The van der Waals surface area contributed by atoms with Crippen molar-refractivity contribution in [3.8, 4) is 28.7 Å². The molecule has 6 heteroatoms. The lowest BCUT2D eigenvalue weighted by Gasteiger charge is -2.27. The highest BCUT2D eigenvalue weighted by Gasteiger charge is 2.31. The summed E-state index contributed by atoms with van der Waals surface area (Å²) in [5.74, 6) is 2.83. The largest absolute Gasteiger partial charge is 0.492 e. The number of benzene rings is 2. The minimum Gasteiger partial charge on any atom is -0.492 e. The Hall–Kier alpha value is -3.15. The molecule has 1 heterocycles. The fourth-order valence-corrected chi connectivity index (χ4v) is 3.48. The summed E-state index contributed by atoms with van der Waals surface area (Å²) in [5.41, 5.74) is 3.23. The maximum atomic E-state index is 11.6. The lowest BCUT2D eigenvalue weighted by atomic mass is 9.94. The van der Waals surface area contributed by atoms with Gasteiger partial charge >= 0.3 is 5.97 Å². The fourth-order valence-electron chi connectivity index (χ4n) is 3.48. The van der Waals surface area contributed by atoms with Crippen molar-refractivity contribution in [3.05, 3.63) is 53.1 Å². The number of rotatable bonds is 8. The van der Waals surface area contributed by atoms with E-state index in [4.69, 9.17) is 23.7 Å². The third-order valence-electron chi connectivity index (χ3n) is 4.83. The first kappa shape index (κ1) is 20.6. The topological polar surface area (TPSA) is 63.2 Å². The molecule has 2 aromatic rings. The van der Waals surface area contributed by atoms with Crippen LogP contribution >= 0.6 is 0 Å². The summed E-state index contributed by atoms with van der Waals surface area (Å²) < 4.78 is 28.5. The molecular weight excluding hydrogens is 372 g/mol. The third-order valence-corrected chi connectivity index (χ3v) is 4.83. The average molecular weight is 398 g/mol. The molecule has 1 aliphatic rings. The van der Waals surface area contributed by atoms with Gasteiger partial charge in [-0.1, -0.05) is 24.8 Å². The average Bonchev–Trinajstić information content (AvgIpc) is 2.73. The molecule has 0 fully saturated rings. The highest BCUT2D eigenvalue weighted by molar-refractivity contribution is 5.86. The zero-order valence-corrected chi connectivity index (χ0v) is 17.3. The van der Waals surface area contributed by atoms with Crippen LogP contribution in [0.3, 0.4) is 0 Å². The van der Waals surface area contributed by atoms with Crippen molar-refractivity contribution in [1.82, 2.24) is 0 Å². The normalized spacial score (nSPS) is 11.6. The van der Waals surface area contributed by atoms with Crippen LogP contribution in [0.2, 0.25) is 0 Å². The second-order valence-electron chi connectivity index (χ2n) is 6.79. The van der Waals surface area contributed by atoms with Gasteiger partial charge < -0.3 is 23.7 Å². The number of methoxy groups -OCH3 is 3. The van der Waals surface area contributed by atoms with Gasteiger partial charge in [-0.15, -0.1) is 0 Å². The van der Waals surface area contributed by atoms with Crippen LogP contribution in [0.4, 0.5) is 0 Å². The van der Waals surface area contributed by atoms with E-state index < -0.39 is 5.97 Å². The number of esters is 1. The number of ether oxygens (including phenoxy) is 5. The molecule has 0 spiro atoms.